The van der Waals surface area contributed by atoms with E-state index in [2.05, 4.69) is 5.32 Å². The Labute approximate surface area is 93.1 Å². The molecule has 1 fully saturated rings. The lowest BCUT2D eigenvalue weighted by Crippen LogP contribution is -2.31. The summed E-state index contributed by atoms with van der Waals surface area (Å²) >= 11 is 1.44. The third-order valence-corrected chi connectivity index (χ3v) is 3.76. The molecule has 1 aromatic heterocycles. The van der Waals surface area contributed by atoms with Gasteiger partial charge in [0, 0.05) is 12.5 Å². The topological polar surface area (TPSA) is 49.3 Å². The molecule has 2 atom stereocenters. The van der Waals surface area contributed by atoms with Gasteiger partial charge in [0.2, 0.25) is 0 Å². The molecular formula is C11H15NO2S. The summed E-state index contributed by atoms with van der Waals surface area (Å²) in [6.45, 7) is 0.595. The van der Waals surface area contributed by atoms with Crippen molar-refractivity contribution in [2.75, 3.05) is 6.54 Å². The Balaban J connectivity index is 1.81. The largest absolute Gasteiger partial charge is 0.393 e. The number of aliphatic hydroxyl groups excluding tert-OH is 1. The normalized spacial score (nSPS) is 25.4. The van der Waals surface area contributed by atoms with Crippen molar-refractivity contribution in [2.24, 2.45) is 5.92 Å². The monoisotopic (exact) mass is 225 g/mol. The van der Waals surface area contributed by atoms with Crippen LogP contribution < -0.4 is 5.32 Å². The van der Waals surface area contributed by atoms with Gasteiger partial charge in [-0.15, -0.1) is 11.3 Å². The predicted octanol–water partition coefficient (Wildman–Crippen LogP) is 1.64. The van der Waals surface area contributed by atoms with Gasteiger partial charge in [-0.05, 0) is 24.3 Å². The van der Waals surface area contributed by atoms with Crippen molar-refractivity contribution in [3.05, 3.63) is 22.4 Å². The van der Waals surface area contributed by atoms with Crippen LogP contribution in [0.2, 0.25) is 0 Å². The fraction of sp³-hybridized carbons (Fsp3) is 0.545. The number of hydrogen-bond acceptors (Lipinski definition) is 3. The van der Waals surface area contributed by atoms with Crippen molar-refractivity contribution in [3.63, 3.8) is 0 Å². The maximum Gasteiger partial charge on any atom is 0.261 e. The summed E-state index contributed by atoms with van der Waals surface area (Å²) in [7, 11) is 0. The van der Waals surface area contributed by atoms with Crippen LogP contribution in [0.1, 0.15) is 28.9 Å². The average Bonchev–Trinajstić information content (AvgIpc) is 2.85. The fourth-order valence-electron chi connectivity index (χ4n) is 1.97. The first-order valence-electron chi connectivity index (χ1n) is 5.27. The molecule has 0 saturated heterocycles. The van der Waals surface area contributed by atoms with Crippen LogP contribution in [-0.2, 0) is 0 Å². The zero-order valence-electron chi connectivity index (χ0n) is 8.48. The molecule has 1 heterocycles. The Morgan fingerprint density at radius 3 is 3.07 bits per heavy atom. The molecular weight excluding hydrogens is 210 g/mol. The van der Waals surface area contributed by atoms with Gasteiger partial charge in [-0.2, -0.15) is 0 Å². The molecule has 1 aromatic rings. The number of aliphatic hydroxyl groups is 1. The van der Waals surface area contributed by atoms with Gasteiger partial charge in [-0.25, -0.2) is 0 Å². The minimum atomic E-state index is -0.228. The maximum atomic E-state index is 11.6. The second-order valence-corrected chi connectivity index (χ2v) is 4.89. The smallest absolute Gasteiger partial charge is 0.261 e. The van der Waals surface area contributed by atoms with Gasteiger partial charge in [0.1, 0.15) is 0 Å². The SMILES string of the molecule is O=C(NCC1CCCC1O)c1cccs1. The van der Waals surface area contributed by atoms with Crippen molar-refractivity contribution >= 4 is 17.2 Å². The first kappa shape index (κ1) is 10.6. The molecule has 0 aliphatic heterocycles. The third-order valence-electron chi connectivity index (χ3n) is 2.89. The number of amides is 1. The second-order valence-electron chi connectivity index (χ2n) is 3.95. The highest BCUT2D eigenvalue weighted by Crippen LogP contribution is 2.24. The number of hydrogen-bond donors (Lipinski definition) is 2. The zero-order valence-corrected chi connectivity index (χ0v) is 9.30. The van der Waals surface area contributed by atoms with Crippen LogP contribution in [0.5, 0.6) is 0 Å². The number of rotatable bonds is 3. The predicted molar refractivity (Wildman–Crippen MR) is 60.0 cm³/mol. The Bertz CT molecular complexity index is 323. The van der Waals surface area contributed by atoms with E-state index in [1.54, 1.807) is 0 Å². The highest BCUT2D eigenvalue weighted by Gasteiger charge is 2.25. The highest BCUT2D eigenvalue weighted by atomic mass is 32.1. The summed E-state index contributed by atoms with van der Waals surface area (Å²) in [4.78, 5) is 12.3. The fourth-order valence-corrected chi connectivity index (χ4v) is 2.61. The van der Waals surface area contributed by atoms with Gasteiger partial charge in [0.25, 0.3) is 5.91 Å². The summed E-state index contributed by atoms with van der Waals surface area (Å²) in [6.07, 6.45) is 2.74. The van der Waals surface area contributed by atoms with Gasteiger partial charge in [-0.1, -0.05) is 12.5 Å². The van der Waals surface area contributed by atoms with Crippen LogP contribution in [0.4, 0.5) is 0 Å². The summed E-state index contributed by atoms with van der Waals surface area (Å²) < 4.78 is 0. The van der Waals surface area contributed by atoms with E-state index in [0.29, 0.717) is 6.54 Å². The molecule has 15 heavy (non-hydrogen) atoms. The number of carbonyl (C=O) groups is 1. The first-order chi connectivity index (χ1) is 7.27. The number of nitrogens with one attached hydrogen (secondary N) is 1. The lowest BCUT2D eigenvalue weighted by atomic mass is 10.1. The molecule has 2 N–H and O–H groups in total. The number of thiophene rings is 1. The molecule has 1 amide bonds. The van der Waals surface area contributed by atoms with E-state index in [4.69, 9.17) is 0 Å². The van der Waals surface area contributed by atoms with Gasteiger partial charge < -0.3 is 10.4 Å². The van der Waals surface area contributed by atoms with Crippen molar-refractivity contribution in [1.29, 1.82) is 0 Å². The molecule has 0 radical (unpaired) electrons. The van der Waals surface area contributed by atoms with E-state index in [0.717, 1.165) is 24.1 Å². The van der Waals surface area contributed by atoms with Crippen LogP contribution in [0.15, 0.2) is 17.5 Å². The van der Waals surface area contributed by atoms with Gasteiger partial charge in [0.05, 0.1) is 11.0 Å². The lowest BCUT2D eigenvalue weighted by Gasteiger charge is -2.14. The van der Waals surface area contributed by atoms with Crippen LogP contribution in [0.25, 0.3) is 0 Å². The maximum absolute atomic E-state index is 11.6. The van der Waals surface area contributed by atoms with E-state index in [1.807, 2.05) is 17.5 Å². The summed E-state index contributed by atoms with van der Waals surface area (Å²) in [5.41, 5.74) is 0. The van der Waals surface area contributed by atoms with Gasteiger partial charge in [-0.3, -0.25) is 4.79 Å². The summed E-state index contributed by atoms with van der Waals surface area (Å²) in [6, 6.07) is 3.68. The van der Waals surface area contributed by atoms with Crippen molar-refractivity contribution in [1.82, 2.24) is 5.32 Å². The van der Waals surface area contributed by atoms with Crippen LogP contribution in [-0.4, -0.2) is 23.7 Å². The summed E-state index contributed by atoms with van der Waals surface area (Å²) in [5, 5.41) is 14.3. The molecule has 0 spiro atoms. The second kappa shape index (κ2) is 4.77. The molecule has 1 saturated carbocycles. The highest BCUT2D eigenvalue weighted by molar-refractivity contribution is 7.12. The molecule has 1 aliphatic carbocycles. The molecule has 2 unspecified atom stereocenters. The Kier molecular flexibility index (Phi) is 3.38. The van der Waals surface area contributed by atoms with Gasteiger partial charge >= 0.3 is 0 Å². The molecule has 0 bridgehead atoms. The Morgan fingerprint density at radius 2 is 2.47 bits per heavy atom. The quantitative estimate of drug-likeness (QED) is 0.821. The van der Waals surface area contributed by atoms with Crippen molar-refractivity contribution < 1.29 is 9.90 Å². The minimum Gasteiger partial charge on any atom is -0.393 e. The van der Waals surface area contributed by atoms with Gasteiger partial charge in [0.15, 0.2) is 0 Å². The lowest BCUT2D eigenvalue weighted by molar-refractivity contribution is 0.0920. The first-order valence-corrected chi connectivity index (χ1v) is 6.15. The van der Waals surface area contributed by atoms with E-state index in [9.17, 15) is 9.90 Å². The Morgan fingerprint density at radius 1 is 1.60 bits per heavy atom. The van der Waals surface area contributed by atoms with E-state index >= 15 is 0 Å². The Hall–Kier alpha value is -0.870. The molecule has 3 nitrogen and oxygen atoms in total. The van der Waals surface area contributed by atoms with Crippen molar-refractivity contribution in [3.8, 4) is 0 Å². The standard InChI is InChI=1S/C11H15NO2S/c13-9-4-1-3-8(9)7-12-11(14)10-5-2-6-15-10/h2,5-6,8-9,13H,1,3-4,7H2,(H,12,14). The molecule has 82 valence electrons. The minimum absolute atomic E-state index is 0.0240. The zero-order chi connectivity index (χ0) is 10.7. The summed E-state index contributed by atoms with van der Waals surface area (Å²) in [5.74, 6) is 0.220. The molecule has 1 aliphatic rings. The van der Waals surface area contributed by atoms with E-state index < -0.39 is 0 Å². The average molecular weight is 225 g/mol. The van der Waals surface area contributed by atoms with E-state index in [-0.39, 0.29) is 17.9 Å². The third kappa shape index (κ3) is 2.58. The molecule has 2 rings (SSSR count). The number of carbonyl (C=O) groups excluding carboxylic acids is 1. The van der Waals surface area contributed by atoms with Crippen molar-refractivity contribution in [2.45, 2.75) is 25.4 Å². The van der Waals surface area contributed by atoms with E-state index in [1.165, 1.54) is 11.3 Å². The van der Waals surface area contributed by atoms with Crippen LogP contribution >= 0.6 is 11.3 Å². The van der Waals surface area contributed by atoms with Crippen LogP contribution in [0.3, 0.4) is 0 Å². The molecule has 0 aromatic carbocycles. The van der Waals surface area contributed by atoms with Crippen LogP contribution in [0, 0.1) is 5.92 Å². The molecule has 4 heteroatoms.